The molecule has 0 aliphatic heterocycles. The van der Waals surface area contributed by atoms with Gasteiger partial charge in [-0.05, 0) is 27.2 Å². The average Bonchev–Trinajstić information content (AvgIpc) is 1.97. The summed E-state index contributed by atoms with van der Waals surface area (Å²) in [5, 5.41) is 0. The molecule has 4 nitrogen and oxygen atoms in total. The molecule has 0 fully saturated rings. The zero-order valence-corrected chi connectivity index (χ0v) is 8.18. The molecule has 0 heterocycles. The van der Waals surface area contributed by atoms with E-state index >= 15 is 0 Å². The number of rotatable bonds is 3. The van der Waals surface area contributed by atoms with Crippen LogP contribution in [-0.4, -0.2) is 17.6 Å². The Morgan fingerprint density at radius 3 is 2.42 bits per heavy atom. The van der Waals surface area contributed by atoms with E-state index in [-0.39, 0.29) is 11.5 Å². The summed E-state index contributed by atoms with van der Waals surface area (Å²) in [5.41, 5.74) is 7.39. The molecule has 1 atom stereocenters. The van der Waals surface area contributed by atoms with Crippen molar-refractivity contribution in [1.82, 2.24) is 5.48 Å². The molecule has 0 aliphatic rings. The van der Waals surface area contributed by atoms with Gasteiger partial charge in [0.2, 0.25) is 0 Å². The Morgan fingerprint density at radius 1 is 1.58 bits per heavy atom. The fraction of sp³-hybridized carbons (Fsp3) is 0.875. The van der Waals surface area contributed by atoms with Gasteiger partial charge in [-0.3, -0.25) is 9.63 Å². The van der Waals surface area contributed by atoms with Gasteiger partial charge in [0.1, 0.15) is 0 Å². The van der Waals surface area contributed by atoms with Gasteiger partial charge in [-0.15, -0.1) is 0 Å². The summed E-state index contributed by atoms with van der Waals surface area (Å²) in [6.07, 6.45) is 0.610. The number of amides is 1. The van der Waals surface area contributed by atoms with E-state index in [2.05, 4.69) is 5.48 Å². The van der Waals surface area contributed by atoms with Crippen LogP contribution in [0.25, 0.3) is 0 Å². The molecule has 0 rings (SSSR count). The largest absolute Gasteiger partial charge is 0.320 e. The first kappa shape index (κ1) is 11.4. The van der Waals surface area contributed by atoms with Crippen molar-refractivity contribution in [3.05, 3.63) is 0 Å². The van der Waals surface area contributed by atoms with Gasteiger partial charge >= 0.3 is 0 Å². The summed E-state index contributed by atoms with van der Waals surface area (Å²) in [6.45, 7) is 7.40. The van der Waals surface area contributed by atoms with Crippen molar-refractivity contribution in [3.8, 4) is 0 Å². The smallest absolute Gasteiger partial charge is 0.260 e. The number of carbonyl (C=O) groups excluding carboxylic acids is 1. The van der Waals surface area contributed by atoms with E-state index in [1.165, 1.54) is 0 Å². The summed E-state index contributed by atoms with van der Waals surface area (Å²) in [4.78, 5) is 16.1. The fourth-order valence-electron chi connectivity index (χ4n) is 0.464. The Bertz CT molecular complexity index is 152. The lowest BCUT2D eigenvalue weighted by molar-refractivity contribution is -0.146. The third kappa shape index (κ3) is 5.09. The molecule has 12 heavy (non-hydrogen) atoms. The van der Waals surface area contributed by atoms with Crippen molar-refractivity contribution >= 4 is 5.91 Å². The van der Waals surface area contributed by atoms with E-state index in [0.29, 0.717) is 6.42 Å². The second kappa shape index (κ2) is 4.42. The Labute approximate surface area is 73.4 Å². The predicted octanol–water partition coefficient (Wildman–Crippen LogP) is 0.570. The fourth-order valence-corrected chi connectivity index (χ4v) is 0.464. The first-order valence-corrected chi connectivity index (χ1v) is 4.10. The van der Waals surface area contributed by atoms with Gasteiger partial charge in [-0.1, -0.05) is 6.92 Å². The molecule has 0 aromatic carbocycles. The Morgan fingerprint density at radius 2 is 2.08 bits per heavy atom. The van der Waals surface area contributed by atoms with Crippen LogP contribution in [0.2, 0.25) is 0 Å². The maximum absolute atomic E-state index is 11.1. The van der Waals surface area contributed by atoms with Gasteiger partial charge in [-0.2, -0.15) is 0 Å². The standard InChI is InChI=1S/C8H18N2O2/c1-5-6(9)7(11)10-12-8(2,3)4/h6H,5,9H2,1-4H3,(H,10,11). The summed E-state index contributed by atoms with van der Waals surface area (Å²) < 4.78 is 0. The molecule has 0 radical (unpaired) electrons. The Balaban J connectivity index is 3.72. The van der Waals surface area contributed by atoms with Crippen LogP contribution in [0.5, 0.6) is 0 Å². The molecular weight excluding hydrogens is 156 g/mol. The van der Waals surface area contributed by atoms with Crippen molar-refractivity contribution in [1.29, 1.82) is 0 Å². The number of hydrogen-bond acceptors (Lipinski definition) is 3. The van der Waals surface area contributed by atoms with E-state index in [0.717, 1.165) is 0 Å². The predicted molar refractivity (Wildman–Crippen MR) is 47.2 cm³/mol. The van der Waals surface area contributed by atoms with Crippen LogP contribution in [0.4, 0.5) is 0 Å². The molecule has 0 spiro atoms. The summed E-state index contributed by atoms with van der Waals surface area (Å²) >= 11 is 0. The third-order valence-electron chi connectivity index (χ3n) is 1.23. The maximum atomic E-state index is 11.1. The van der Waals surface area contributed by atoms with E-state index in [9.17, 15) is 4.79 Å². The minimum atomic E-state index is -0.479. The molecule has 3 N–H and O–H groups in total. The molecule has 0 aromatic heterocycles. The highest BCUT2D eigenvalue weighted by Crippen LogP contribution is 2.03. The van der Waals surface area contributed by atoms with Crippen LogP contribution in [0.1, 0.15) is 34.1 Å². The first-order valence-electron chi connectivity index (χ1n) is 4.10. The lowest BCUT2D eigenvalue weighted by Crippen LogP contribution is -2.43. The zero-order chi connectivity index (χ0) is 9.78. The highest BCUT2D eigenvalue weighted by atomic mass is 16.7. The number of nitrogens with two attached hydrogens (primary N) is 1. The van der Waals surface area contributed by atoms with Crippen LogP contribution < -0.4 is 11.2 Å². The number of hydroxylamine groups is 1. The van der Waals surface area contributed by atoms with Crippen molar-refractivity contribution in [2.24, 2.45) is 5.73 Å². The molecule has 0 aromatic rings. The first-order chi connectivity index (χ1) is 5.37. The monoisotopic (exact) mass is 174 g/mol. The van der Waals surface area contributed by atoms with Gasteiger partial charge in [0.15, 0.2) is 0 Å². The molecule has 72 valence electrons. The lowest BCUT2D eigenvalue weighted by Gasteiger charge is -2.20. The molecule has 0 bridgehead atoms. The number of nitrogens with one attached hydrogen (secondary N) is 1. The molecule has 4 heteroatoms. The Hall–Kier alpha value is -0.610. The molecule has 0 saturated carbocycles. The molecule has 1 unspecified atom stereocenters. The van der Waals surface area contributed by atoms with E-state index in [4.69, 9.17) is 10.6 Å². The van der Waals surface area contributed by atoms with Crippen LogP contribution in [-0.2, 0) is 9.63 Å². The lowest BCUT2D eigenvalue weighted by atomic mass is 10.2. The quantitative estimate of drug-likeness (QED) is 0.615. The van der Waals surface area contributed by atoms with E-state index < -0.39 is 6.04 Å². The number of hydrogen-bond donors (Lipinski definition) is 2. The van der Waals surface area contributed by atoms with Crippen LogP contribution in [0.15, 0.2) is 0 Å². The molecule has 1 amide bonds. The van der Waals surface area contributed by atoms with Crippen molar-refractivity contribution in [2.75, 3.05) is 0 Å². The van der Waals surface area contributed by atoms with Crippen molar-refractivity contribution < 1.29 is 9.63 Å². The minimum Gasteiger partial charge on any atom is -0.320 e. The normalized spacial score (nSPS) is 14.1. The highest BCUT2D eigenvalue weighted by Gasteiger charge is 2.15. The summed E-state index contributed by atoms with van der Waals surface area (Å²) in [7, 11) is 0. The maximum Gasteiger partial charge on any atom is 0.260 e. The second-order valence-electron chi connectivity index (χ2n) is 3.70. The van der Waals surface area contributed by atoms with Crippen LogP contribution >= 0.6 is 0 Å². The van der Waals surface area contributed by atoms with E-state index in [1.807, 2.05) is 27.7 Å². The summed E-state index contributed by atoms with van der Waals surface area (Å²) in [6, 6.07) is -0.479. The van der Waals surface area contributed by atoms with Crippen molar-refractivity contribution in [2.45, 2.75) is 45.8 Å². The van der Waals surface area contributed by atoms with Crippen LogP contribution in [0, 0.1) is 0 Å². The van der Waals surface area contributed by atoms with Crippen LogP contribution in [0.3, 0.4) is 0 Å². The minimum absolute atomic E-state index is 0.271. The van der Waals surface area contributed by atoms with Gasteiger partial charge in [0, 0.05) is 0 Å². The topological polar surface area (TPSA) is 64.4 Å². The summed E-state index contributed by atoms with van der Waals surface area (Å²) in [5.74, 6) is -0.271. The van der Waals surface area contributed by atoms with Gasteiger partial charge in [0.25, 0.3) is 5.91 Å². The van der Waals surface area contributed by atoms with Crippen molar-refractivity contribution in [3.63, 3.8) is 0 Å². The SMILES string of the molecule is CCC(N)C(=O)NOC(C)(C)C. The third-order valence-corrected chi connectivity index (χ3v) is 1.23. The average molecular weight is 174 g/mol. The highest BCUT2D eigenvalue weighted by molar-refractivity contribution is 5.80. The van der Waals surface area contributed by atoms with Gasteiger partial charge in [-0.25, -0.2) is 5.48 Å². The zero-order valence-electron chi connectivity index (χ0n) is 8.18. The molecular formula is C8H18N2O2. The van der Waals surface area contributed by atoms with E-state index in [1.54, 1.807) is 0 Å². The van der Waals surface area contributed by atoms with Gasteiger partial charge < -0.3 is 5.73 Å². The second-order valence-corrected chi connectivity index (χ2v) is 3.70. The number of carbonyl (C=O) groups is 1. The molecule has 0 aliphatic carbocycles. The molecule has 0 saturated heterocycles. The Kier molecular flexibility index (Phi) is 4.20. The van der Waals surface area contributed by atoms with Gasteiger partial charge in [0.05, 0.1) is 11.6 Å².